The highest BCUT2D eigenvalue weighted by atomic mass is 16.5. The van der Waals surface area contributed by atoms with E-state index in [0.29, 0.717) is 11.7 Å². The van der Waals surface area contributed by atoms with Gasteiger partial charge in [0.2, 0.25) is 5.91 Å². The Morgan fingerprint density at radius 2 is 2.23 bits per heavy atom. The average Bonchev–Trinajstić information content (AvgIpc) is 2.92. The molecule has 0 aromatic carbocycles. The summed E-state index contributed by atoms with van der Waals surface area (Å²) in [5.41, 5.74) is 0.807. The number of likely N-dealkylation sites (tertiary alicyclic amines) is 1. The second kappa shape index (κ2) is 8.60. The molecule has 0 radical (unpaired) electrons. The summed E-state index contributed by atoms with van der Waals surface area (Å²) in [4.78, 5) is 14.3. The number of rotatable bonds is 5. The van der Waals surface area contributed by atoms with Crippen molar-refractivity contribution in [3.05, 3.63) is 17.5 Å². The van der Waals surface area contributed by atoms with E-state index in [4.69, 9.17) is 4.52 Å². The van der Waals surface area contributed by atoms with Crippen LogP contribution in [0.1, 0.15) is 37.6 Å². The Balaban J connectivity index is 1.63. The van der Waals surface area contributed by atoms with Gasteiger partial charge in [-0.15, -0.1) is 5.92 Å². The largest absolute Gasteiger partial charge is 0.361 e. The molecule has 1 aromatic rings. The number of nitrogens with zero attached hydrogens (tertiary/aromatic N) is 2. The number of carbonyl (C=O) groups is 1. The number of hydrogen-bond donors (Lipinski definition) is 1. The van der Waals surface area contributed by atoms with Gasteiger partial charge >= 0.3 is 0 Å². The minimum absolute atomic E-state index is 0.00684. The fourth-order valence-corrected chi connectivity index (χ4v) is 2.62. The third-order valence-corrected chi connectivity index (χ3v) is 3.91. The Hall–Kier alpha value is -1.80. The van der Waals surface area contributed by atoms with Crippen molar-refractivity contribution in [3.63, 3.8) is 0 Å². The monoisotopic (exact) mass is 303 g/mol. The summed E-state index contributed by atoms with van der Waals surface area (Å²) in [6.07, 6.45) is 3.44. The molecule has 1 amide bonds. The lowest BCUT2D eigenvalue weighted by Gasteiger charge is -2.30. The van der Waals surface area contributed by atoms with Crippen LogP contribution in [-0.4, -0.2) is 42.1 Å². The van der Waals surface area contributed by atoms with Gasteiger partial charge in [0.15, 0.2) is 0 Å². The van der Waals surface area contributed by atoms with Crippen LogP contribution in [0.5, 0.6) is 0 Å². The van der Waals surface area contributed by atoms with Crippen molar-refractivity contribution in [2.24, 2.45) is 5.92 Å². The van der Waals surface area contributed by atoms with Crippen molar-refractivity contribution in [3.8, 4) is 11.8 Å². The molecular weight excluding hydrogens is 278 g/mol. The molecule has 22 heavy (non-hydrogen) atoms. The smallest absolute Gasteiger partial charge is 0.227 e. The van der Waals surface area contributed by atoms with Crippen LogP contribution in [0, 0.1) is 24.7 Å². The van der Waals surface area contributed by atoms with Gasteiger partial charge in [-0.3, -0.25) is 9.69 Å². The third kappa shape index (κ3) is 5.53. The van der Waals surface area contributed by atoms with Crippen LogP contribution in [0.25, 0.3) is 0 Å². The third-order valence-electron chi connectivity index (χ3n) is 3.91. The molecular formula is C17H25N3O2. The number of piperidine rings is 1. The molecule has 2 rings (SSSR count). The Kier molecular flexibility index (Phi) is 6.47. The van der Waals surface area contributed by atoms with Gasteiger partial charge in [0.05, 0.1) is 18.7 Å². The predicted molar refractivity (Wildman–Crippen MR) is 85.2 cm³/mol. The maximum Gasteiger partial charge on any atom is 0.227 e. The second-order valence-electron chi connectivity index (χ2n) is 5.84. The van der Waals surface area contributed by atoms with Gasteiger partial charge in [0.1, 0.15) is 5.76 Å². The molecule has 0 unspecified atom stereocenters. The zero-order valence-electron chi connectivity index (χ0n) is 13.5. The van der Waals surface area contributed by atoms with E-state index in [1.165, 1.54) is 0 Å². The van der Waals surface area contributed by atoms with Crippen molar-refractivity contribution in [2.75, 3.05) is 26.2 Å². The molecule has 5 nitrogen and oxygen atoms in total. The normalized spacial score (nSPS) is 16.1. The summed E-state index contributed by atoms with van der Waals surface area (Å²) in [7, 11) is 0. The molecule has 0 atom stereocenters. The zero-order chi connectivity index (χ0) is 15.8. The van der Waals surface area contributed by atoms with E-state index >= 15 is 0 Å². The molecule has 1 aliphatic rings. The topological polar surface area (TPSA) is 58.4 Å². The molecule has 0 bridgehead atoms. The van der Waals surface area contributed by atoms with Crippen LogP contribution >= 0.6 is 0 Å². The summed E-state index contributed by atoms with van der Waals surface area (Å²) >= 11 is 0. The van der Waals surface area contributed by atoms with Gasteiger partial charge in [-0.25, -0.2) is 0 Å². The maximum atomic E-state index is 11.9. The zero-order valence-corrected chi connectivity index (χ0v) is 13.5. The van der Waals surface area contributed by atoms with E-state index in [0.717, 1.165) is 51.1 Å². The van der Waals surface area contributed by atoms with Gasteiger partial charge in [-0.2, -0.15) is 0 Å². The van der Waals surface area contributed by atoms with Crippen LogP contribution < -0.4 is 5.32 Å². The van der Waals surface area contributed by atoms with Gasteiger partial charge in [-0.05, 0) is 38.8 Å². The summed E-state index contributed by atoms with van der Waals surface area (Å²) in [6, 6.07) is 1.80. The molecule has 1 aromatic heterocycles. The Morgan fingerprint density at radius 3 is 2.86 bits per heavy atom. The van der Waals surface area contributed by atoms with Gasteiger partial charge in [-0.1, -0.05) is 18.0 Å². The molecule has 2 heterocycles. The fourth-order valence-electron chi connectivity index (χ4n) is 2.62. The number of aryl methyl sites for hydroxylation is 1. The molecule has 0 saturated carbocycles. The minimum Gasteiger partial charge on any atom is -0.361 e. The molecule has 0 spiro atoms. The van der Waals surface area contributed by atoms with E-state index in [2.05, 4.69) is 34.1 Å². The second-order valence-corrected chi connectivity index (χ2v) is 5.84. The molecule has 1 aliphatic heterocycles. The van der Waals surface area contributed by atoms with Gasteiger partial charge < -0.3 is 9.84 Å². The highest BCUT2D eigenvalue weighted by Gasteiger charge is 2.19. The number of nitrogens with one attached hydrogen (secondary N) is 1. The van der Waals surface area contributed by atoms with Crippen molar-refractivity contribution in [1.82, 2.24) is 15.4 Å². The van der Waals surface area contributed by atoms with Crippen LogP contribution in [0.15, 0.2) is 10.6 Å². The minimum atomic E-state index is 0.00684. The SMILES string of the molecule is CCC#CCN1CCC(CNC(=O)Cc2cc(C)no2)CC1. The average molecular weight is 303 g/mol. The van der Waals surface area contributed by atoms with Crippen molar-refractivity contribution in [2.45, 2.75) is 39.5 Å². The van der Waals surface area contributed by atoms with Crippen molar-refractivity contribution < 1.29 is 9.32 Å². The van der Waals surface area contributed by atoms with Crippen molar-refractivity contribution in [1.29, 1.82) is 0 Å². The maximum absolute atomic E-state index is 11.9. The van der Waals surface area contributed by atoms with Gasteiger partial charge in [0.25, 0.3) is 0 Å². The molecule has 1 saturated heterocycles. The van der Waals surface area contributed by atoms with Crippen molar-refractivity contribution >= 4 is 5.91 Å². The number of carbonyl (C=O) groups excluding carboxylic acids is 1. The highest BCUT2D eigenvalue weighted by molar-refractivity contribution is 5.77. The number of hydrogen-bond acceptors (Lipinski definition) is 4. The first kappa shape index (κ1) is 16.6. The van der Waals surface area contributed by atoms with E-state index < -0.39 is 0 Å². The lowest BCUT2D eigenvalue weighted by molar-refractivity contribution is -0.121. The van der Waals surface area contributed by atoms with E-state index in [1.54, 1.807) is 6.07 Å². The van der Waals surface area contributed by atoms with Gasteiger partial charge in [0, 0.05) is 19.0 Å². The first-order valence-electron chi connectivity index (χ1n) is 8.04. The molecule has 120 valence electrons. The summed E-state index contributed by atoms with van der Waals surface area (Å²) in [5, 5.41) is 6.79. The Morgan fingerprint density at radius 1 is 1.45 bits per heavy atom. The molecule has 1 N–H and O–H groups in total. The lowest BCUT2D eigenvalue weighted by Crippen LogP contribution is -2.39. The first-order valence-corrected chi connectivity index (χ1v) is 8.04. The van der Waals surface area contributed by atoms with E-state index in [1.807, 2.05) is 6.92 Å². The summed E-state index contributed by atoms with van der Waals surface area (Å²) in [6.45, 7) is 7.68. The number of amides is 1. The predicted octanol–water partition coefficient (Wildman–Crippen LogP) is 1.77. The van der Waals surface area contributed by atoms with Crippen LogP contribution in [0.4, 0.5) is 0 Å². The first-order chi connectivity index (χ1) is 10.7. The van der Waals surface area contributed by atoms with Crippen LogP contribution in [0.2, 0.25) is 0 Å². The van der Waals surface area contributed by atoms with Crippen LogP contribution in [-0.2, 0) is 11.2 Å². The van der Waals surface area contributed by atoms with E-state index in [-0.39, 0.29) is 12.3 Å². The fraction of sp³-hybridized carbons (Fsp3) is 0.647. The Labute approximate surface area is 132 Å². The summed E-state index contributed by atoms with van der Waals surface area (Å²) < 4.78 is 5.06. The van der Waals surface area contributed by atoms with Crippen LogP contribution in [0.3, 0.4) is 0 Å². The highest BCUT2D eigenvalue weighted by Crippen LogP contribution is 2.16. The quantitative estimate of drug-likeness (QED) is 0.842. The van der Waals surface area contributed by atoms with E-state index in [9.17, 15) is 4.79 Å². The lowest BCUT2D eigenvalue weighted by atomic mass is 9.97. The Bertz CT molecular complexity index is 534. The summed E-state index contributed by atoms with van der Waals surface area (Å²) in [5.74, 6) is 7.49. The number of aromatic nitrogens is 1. The molecule has 1 fully saturated rings. The molecule has 0 aliphatic carbocycles. The molecule has 5 heteroatoms. The standard InChI is InChI=1S/C17H25N3O2/c1-3-4-5-8-20-9-6-15(7-10-20)13-18-17(21)12-16-11-14(2)19-22-16/h11,15H,3,6-10,12-13H2,1-2H3,(H,18,21).